The SMILES string of the molecule is CCCc1cc2cc(Br)ccc2oc1=O. The zero-order valence-corrected chi connectivity index (χ0v) is 10.0. The number of benzene rings is 1. The van der Waals surface area contributed by atoms with Crippen molar-refractivity contribution < 1.29 is 4.42 Å². The maximum Gasteiger partial charge on any atom is 0.339 e. The average molecular weight is 267 g/mol. The first kappa shape index (κ1) is 10.4. The average Bonchev–Trinajstić information content (AvgIpc) is 2.20. The van der Waals surface area contributed by atoms with Crippen LogP contribution in [0, 0.1) is 0 Å². The normalized spacial score (nSPS) is 10.8. The lowest BCUT2D eigenvalue weighted by molar-refractivity contribution is 0.549. The third-order valence-corrected chi connectivity index (χ3v) is 2.78. The monoisotopic (exact) mass is 266 g/mol. The Hall–Kier alpha value is -1.09. The van der Waals surface area contributed by atoms with Crippen molar-refractivity contribution in [3.8, 4) is 0 Å². The standard InChI is InChI=1S/C12H11BrO2/c1-2-3-8-6-9-7-10(13)4-5-11(9)15-12(8)14/h4-7H,2-3H2,1H3. The van der Waals surface area contributed by atoms with Crippen molar-refractivity contribution in [2.45, 2.75) is 19.8 Å². The van der Waals surface area contributed by atoms with Gasteiger partial charge in [0.1, 0.15) is 5.58 Å². The Morgan fingerprint density at radius 1 is 1.33 bits per heavy atom. The Labute approximate surface area is 96.0 Å². The van der Waals surface area contributed by atoms with E-state index >= 15 is 0 Å². The highest BCUT2D eigenvalue weighted by molar-refractivity contribution is 9.10. The van der Waals surface area contributed by atoms with E-state index < -0.39 is 0 Å². The Balaban J connectivity index is 2.66. The molecule has 2 rings (SSSR count). The van der Waals surface area contributed by atoms with Crippen LogP contribution in [0.5, 0.6) is 0 Å². The molecular weight excluding hydrogens is 256 g/mol. The van der Waals surface area contributed by atoms with Gasteiger partial charge < -0.3 is 4.42 Å². The molecule has 0 radical (unpaired) electrons. The van der Waals surface area contributed by atoms with E-state index in [1.165, 1.54) is 0 Å². The molecule has 0 spiro atoms. The van der Waals surface area contributed by atoms with Crippen molar-refractivity contribution in [3.63, 3.8) is 0 Å². The largest absolute Gasteiger partial charge is 0.423 e. The van der Waals surface area contributed by atoms with Gasteiger partial charge in [-0.25, -0.2) is 4.79 Å². The fraction of sp³-hybridized carbons (Fsp3) is 0.250. The molecule has 0 unspecified atom stereocenters. The highest BCUT2D eigenvalue weighted by atomic mass is 79.9. The first-order valence-electron chi connectivity index (χ1n) is 4.93. The van der Waals surface area contributed by atoms with Gasteiger partial charge in [0.05, 0.1) is 0 Å². The van der Waals surface area contributed by atoms with E-state index in [0.717, 1.165) is 28.3 Å². The molecule has 2 aromatic rings. The van der Waals surface area contributed by atoms with Crippen LogP contribution in [0.3, 0.4) is 0 Å². The van der Waals surface area contributed by atoms with Gasteiger partial charge in [0.2, 0.25) is 0 Å². The zero-order valence-electron chi connectivity index (χ0n) is 8.42. The van der Waals surface area contributed by atoms with Crippen molar-refractivity contribution in [2.75, 3.05) is 0 Å². The molecule has 1 aromatic carbocycles. The van der Waals surface area contributed by atoms with Crippen LogP contribution in [-0.2, 0) is 6.42 Å². The fourth-order valence-electron chi connectivity index (χ4n) is 1.58. The number of hydrogen-bond acceptors (Lipinski definition) is 2. The van der Waals surface area contributed by atoms with E-state index in [9.17, 15) is 4.79 Å². The number of rotatable bonds is 2. The lowest BCUT2D eigenvalue weighted by atomic mass is 10.1. The first-order valence-corrected chi connectivity index (χ1v) is 5.72. The quantitative estimate of drug-likeness (QED) is 0.779. The number of fused-ring (bicyclic) bond motifs is 1. The predicted molar refractivity (Wildman–Crippen MR) is 64.2 cm³/mol. The van der Waals surface area contributed by atoms with Gasteiger partial charge in [-0.15, -0.1) is 0 Å². The molecule has 15 heavy (non-hydrogen) atoms. The molecule has 0 N–H and O–H groups in total. The van der Waals surface area contributed by atoms with E-state index in [4.69, 9.17) is 4.42 Å². The highest BCUT2D eigenvalue weighted by Crippen LogP contribution is 2.19. The van der Waals surface area contributed by atoms with Crippen molar-refractivity contribution >= 4 is 26.9 Å². The van der Waals surface area contributed by atoms with Gasteiger partial charge in [0.15, 0.2) is 0 Å². The van der Waals surface area contributed by atoms with Crippen LogP contribution in [0.15, 0.2) is 37.9 Å². The van der Waals surface area contributed by atoms with E-state index in [-0.39, 0.29) is 5.63 Å². The number of aryl methyl sites for hydroxylation is 1. The molecule has 0 atom stereocenters. The van der Waals surface area contributed by atoms with Gasteiger partial charge in [0.25, 0.3) is 0 Å². The van der Waals surface area contributed by atoms with Gasteiger partial charge in [-0.05, 0) is 30.7 Å². The summed E-state index contributed by atoms with van der Waals surface area (Å²) in [6, 6.07) is 7.54. The van der Waals surface area contributed by atoms with E-state index in [1.54, 1.807) is 6.07 Å². The number of halogens is 1. The molecular formula is C12H11BrO2. The van der Waals surface area contributed by atoms with Gasteiger partial charge in [-0.2, -0.15) is 0 Å². The van der Waals surface area contributed by atoms with Gasteiger partial charge in [-0.3, -0.25) is 0 Å². The molecule has 3 heteroatoms. The molecule has 0 bridgehead atoms. The van der Waals surface area contributed by atoms with E-state index in [2.05, 4.69) is 15.9 Å². The van der Waals surface area contributed by atoms with Crippen LogP contribution < -0.4 is 5.63 Å². The molecule has 78 valence electrons. The Morgan fingerprint density at radius 3 is 2.87 bits per heavy atom. The Kier molecular flexibility index (Phi) is 2.91. The molecule has 0 aliphatic heterocycles. The number of hydrogen-bond donors (Lipinski definition) is 0. The topological polar surface area (TPSA) is 30.2 Å². The van der Waals surface area contributed by atoms with Crippen LogP contribution in [-0.4, -0.2) is 0 Å². The van der Waals surface area contributed by atoms with Crippen molar-refractivity contribution in [2.24, 2.45) is 0 Å². The summed E-state index contributed by atoms with van der Waals surface area (Å²) in [4.78, 5) is 11.5. The fourth-order valence-corrected chi connectivity index (χ4v) is 1.96. The maximum atomic E-state index is 11.5. The second kappa shape index (κ2) is 4.19. The van der Waals surface area contributed by atoms with Crippen LogP contribution in [0.1, 0.15) is 18.9 Å². The molecule has 0 saturated heterocycles. The molecule has 1 aromatic heterocycles. The van der Waals surface area contributed by atoms with Crippen molar-refractivity contribution in [3.05, 3.63) is 44.7 Å². The summed E-state index contributed by atoms with van der Waals surface area (Å²) in [5, 5.41) is 0.965. The highest BCUT2D eigenvalue weighted by Gasteiger charge is 2.04. The predicted octanol–water partition coefficient (Wildman–Crippen LogP) is 3.51. The van der Waals surface area contributed by atoms with E-state index in [1.807, 2.05) is 25.1 Å². The van der Waals surface area contributed by atoms with Crippen LogP contribution in [0.25, 0.3) is 11.0 Å². The summed E-state index contributed by atoms with van der Waals surface area (Å²) in [6.07, 6.45) is 1.72. The minimum Gasteiger partial charge on any atom is -0.423 e. The summed E-state index contributed by atoms with van der Waals surface area (Å²) in [6.45, 7) is 2.05. The Morgan fingerprint density at radius 2 is 2.13 bits per heavy atom. The molecule has 0 saturated carbocycles. The molecule has 2 nitrogen and oxygen atoms in total. The second-order valence-electron chi connectivity index (χ2n) is 3.49. The van der Waals surface area contributed by atoms with Crippen molar-refractivity contribution in [1.82, 2.24) is 0 Å². The van der Waals surface area contributed by atoms with Crippen LogP contribution in [0.2, 0.25) is 0 Å². The smallest absolute Gasteiger partial charge is 0.339 e. The lowest BCUT2D eigenvalue weighted by Crippen LogP contribution is -2.06. The molecule has 0 fully saturated rings. The first-order chi connectivity index (χ1) is 7.20. The second-order valence-corrected chi connectivity index (χ2v) is 4.41. The summed E-state index contributed by atoms with van der Waals surface area (Å²) in [7, 11) is 0. The van der Waals surface area contributed by atoms with Crippen LogP contribution in [0.4, 0.5) is 0 Å². The molecule has 1 heterocycles. The summed E-state index contributed by atoms with van der Waals surface area (Å²) in [5.74, 6) is 0. The minimum atomic E-state index is -0.216. The summed E-state index contributed by atoms with van der Waals surface area (Å²) in [5.41, 5.74) is 1.18. The van der Waals surface area contributed by atoms with Gasteiger partial charge in [-0.1, -0.05) is 29.3 Å². The maximum absolute atomic E-state index is 11.5. The minimum absolute atomic E-state index is 0.216. The lowest BCUT2D eigenvalue weighted by Gasteiger charge is -2.00. The summed E-state index contributed by atoms with van der Waals surface area (Å²) < 4.78 is 6.22. The molecule has 0 amide bonds. The van der Waals surface area contributed by atoms with Gasteiger partial charge in [0, 0.05) is 15.4 Å². The third kappa shape index (κ3) is 2.12. The zero-order chi connectivity index (χ0) is 10.8. The third-order valence-electron chi connectivity index (χ3n) is 2.29. The molecule has 0 aliphatic carbocycles. The summed E-state index contributed by atoms with van der Waals surface area (Å²) >= 11 is 3.39. The Bertz CT molecular complexity index is 543. The molecule has 0 aliphatic rings. The van der Waals surface area contributed by atoms with Gasteiger partial charge >= 0.3 is 5.63 Å². The van der Waals surface area contributed by atoms with E-state index in [0.29, 0.717) is 5.58 Å². The van der Waals surface area contributed by atoms with Crippen molar-refractivity contribution in [1.29, 1.82) is 0 Å². The van der Waals surface area contributed by atoms with Crippen LogP contribution >= 0.6 is 15.9 Å².